The number of fused-ring (bicyclic) bond motifs is 1. The summed E-state index contributed by atoms with van der Waals surface area (Å²) in [4.78, 5) is 12.5. The lowest BCUT2D eigenvalue weighted by atomic mass is 10.7. The molecule has 0 aromatic heterocycles. The first-order valence-electron chi connectivity index (χ1n) is 2.47. The maximum atomic E-state index is 10.6. The van der Waals surface area contributed by atoms with Gasteiger partial charge in [0, 0.05) is 12.3 Å². The summed E-state index contributed by atoms with van der Waals surface area (Å²) in [7, 11) is 0. The highest BCUT2D eigenvalue weighted by Crippen LogP contribution is 2.43. The van der Waals surface area contributed by atoms with Gasteiger partial charge in [-0.15, -0.1) is 11.8 Å². The predicted octanol–water partition coefficient (Wildman–Crippen LogP) is 1.19. The van der Waals surface area contributed by atoms with E-state index in [1.165, 1.54) is 11.8 Å². The topological polar surface area (TPSA) is 20.3 Å². The molecule has 0 radical (unpaired) electrons. The van der Waals surface area contributed by atoms with Crippen LogP contribution in [-0.4, -0.2) is 27.1 Å². The van der Waals surface area contributed by atoms with Gasteiger partial charge in [-0.2, -0.15) is 0 Å². The molecule has 2 heterocycles. The molecule has 0 spiro atoms. The molecule has 1 atom stereocenters. The molecule has 0 aromatic rings. The summed E-state index contributed by atoms with van der Waals surface area (Å²) < 4.78 is 0.488. The summed E-state index contributed by atoms with van der Waals surface area (Å²) in [6, 6.07) is 0. The van der Waals surface area contributed by atoms with Crippen molar-refractivity contribution in [2.75, 3.05) is 12.3 Å². The van der Waals surface area contributed by atoms with Gasteiger partial charge < -0.3 is 4.90 Å². The number of hydrogen-bond acceptors (Lipinski definition) is 3. The van der Waals surface area contributed by atoms with Gasteiger partial charge in [-0.3, -0.25) is 4.79 Å². The molecule has 1 amide bonds. The second kappa shape index (κ2) is 1.57. The summed E-state index contributed by atoms with van der Waals surface area (Å²) in [6.45, 7) is 0.973. The van der Waals surface area contributed by atoms with Crippen LogP contribution in [0.25, 0.3) is 0 Å². The molecule has 2 aliphatic rings. The minimum atomic E-state index is 0.264. The van der Waals surface area contributed by atoms with Crippen molar-refractivity contribution < 1.29 is 4.79 Å². The quantitative estimate of drug-likeness (QED) is 0.513. The Labute approximate surface area is 56.0 Å². The molecule has 0 aliphatic carbocycles. The van der Waals surface area contributed by atoms with Crippen LogP contribution in [0.4, 0.5) is 4.79 Å². The van der Waals surface area contributed by atoms with E-state index in [1.54, 1.807) is 0 Å². The number of thioether (sulfide) groups is 2. The average molecular weight is 147 g/mol. The molecule has 4 heteroatoms. The van der Waals surface area contributed by atoms with Crippen molar-refractivity contribution in [1.82, 2.24) is 4.90 Å². The number of carbonyl (C=O) groups excluding carboxylic acids is 1. The van der Waals surface area contributed by atoms with Crippen LogP contribution in [0.15, 0.2) is 0 Å². The second-order valence-corrected chi connectivity index (χ2v) is 4.27. The van der Waals surface area contributed by atoms with Gasteiger partial charge in [0.05, 0.1) is 0 Å². The largest absolute Gasteiger partial charge is 0.311 e. The Balaban J connectivity index is 2.11. The summed E-state index contributed by atoms with van der Waals surface area (Å²) in [5.41, 5.74) is 0. The Morgan fingerprint density at radius 3 is 3.12 bits per heavy atom. The molecule has 1 unspecified atom stereocenters. The van der Waals surface area contributed by atoms with Crippen LogP contribution in [0.1, 0.15) is 0 Å². The van der Waals surface area contributed by atoms with Crippen molar-refractivity contribution >= 4 is 28.8 Å². The summed E-state index contributed by atoms with van der Waals surface area (Å²) >= 11 is 3.31. The predicted molar refractivity (Wildman–Crippen MR) is 35.9 cm³/mol. The zero-order chi connectivity index (χ0) is 5.56. The molecule has 8 heavy (non-hydrogen) atoms. The number of nitrogens with zero attached hydrogens (tertiary/aromatic N) is 1. The van der Waals surface area contributed by atoms with Gasteiger partial charge in [-0.25, -0.2) is 0 Å². The van der Waals surface area contributed by atoms with Gasteiger partial charge in [0.15, 0.2) is 0 Å². The van der Waals surface area contributed by atoms with Crippen molar-refractivity contribution in [2.24, 2.45) is 0 Å². The average Bonchev–Trinajstić information content (AvgIpc) is 2.09. The minimum absolute atomic E-state index is 0.264. The fraction of sp³-hybridized carbons (Fsp3) is 0.750. The summed E-state index contributed by atoms with van der Waals surface area (Å²) in [6.07, 6.45) is 0. The van der Waals surface area contributed by atoms with E-state index >= 15 is 0 Å². The van der Waals surface area contributed by atoms with Crippen molar-refractivity contribution in [3.05, 3.63) is 0 Å². The maximum absolute atomic E-state index is 10.6. The Hall–Kier alpha value is 0.170. The van der Waals surface area contributed by atoms with Gasteiger partial charge in [0.2, 0.25) is 0 Å². The first-order valence-corrected chi connectivity index (χ1v) is 4.39. The molecule has 0 saturated carbocycles. The molecule has 0 aromatic carbocycles. The van der Waals surface area contributed by atoms with Crippen LogP contribution in [0, 0.1) is 0 Å². The van der Waals surface area contributed by atoms with Crippen LogP contribution in [0.3, 0.4) is 0 Å². The highest BCUT2D eigenvalue weighted by molar-refractivity contribution is 8.26. The first kappa shape index (κ1) is 4.99. The third kappa shape index (κ3) is 0.500. The van der Waals surface area contributed by atoms with E-state index in [2.05, 4.69) is 0 Å². The normalized spacial score (nSPS) is 34.8. The zero-order valence-corrected chi connectivity index (χ0v) is 5.80. The monoisotopic (exact) mass is 147 g/mol. The number of carbonyl (C=O) groups is 1. The van der Waals surface area contributed by atoms with Crippen molar-refractivity contribution in [2.45, 2.75) is 4.71 Å². The SMILES string of the molecule is O=C1SC2SCCN12. The van der Waals surface area contributed by atoms with E-state index < -0.39 is 0 Å². The fourth-order valence-electron chi connectivity index (χ4n) is 0.827. The molecule has 2 nitrogen and oxygen atoms in total. The fourth-order valence-corrected chi connectivity index (χ4v) is 3.26. The molecule has 0 bridgehead atoms. The lowest BCUT2D eigenvalue weighted by Crippen LogP contribution is -2.40. The number of hydrogen-bond donors (Lipinski definition) is 0. The van der Waals surface area contributed by atoms with Crippen molar-refractivity contribution in [1.29, 1.82) is 0 Å². The van der Waals surface area contributed by atoms with Gasteiger partial charge >= 0.3 is 0 Å². The van der Waals surface area contributed by atoms with E-state index in [-0.39, 0.29) is 5.24 Å². The standard InChI is InChI=1S/C4H5NOS2/c6-3-5-1-2-7-4(5)8-3/h4H,1-2H2. The summed E-state index contributed by atoms with van der Waals surface area (Å²) in [5, 5.41) is 0.264. The number of rotatable bonds is 0. The molecule has 2 fully saturated rings. The van der Waals surface area contributed by atoms with Gasteiger partial charge in [-0.1, -0.05) is 0 Å². The van der Waals surface area contributed by atoms with Crippen molar-refractivity contribution in [3.8, 4) is 0 Å². The molecule has 0 N–H and O–H groups in total. The lowest BCUT2D eigenvalue weighted by molar-refractivity contribution is 0.226. The molecule has 2 saturated heterocycles. The lowest BCUT2D eigenvalue weighted by Gasteiger charge is -2.31. The van der Waals surface area contributed by atoms with Crippen LogP contribution in [-0.2, 0) is 0 Å². The molecular formula is C4H5NOS2. The summed E-state index contributed by atoms with van der Waals surface area (Å²) in [5.74, 6) is 1.13. The highest BCUT2D eigenvalue weighted by atomic mass is 32.2. The number of amides is 1. The first-order chi connectivity index (χ1) is 3.88. The third-order valence-corrected chi connectivity index (χ3v) is 3.83. The Morgan fingerprint density at radius 1 is 1.75 bits per heavy atom. The van der Waals surface area contributed by atoms with E-state index in [9.17, 15) is 4.79 Å². The van der Waals surface area contributed by atoms with Crippen LogP contribution < -0.4 is 0 Å². The second-order valence-electron chi connectivity index (χ2n) is 1.75. The van der Waals surface area contributed by atoms with Gasteiger partial charge in [0.1, 0.15) is 4.71 Å². The Kier molecular flexibility index (Phi) is 0.983. The Bertz CT molecular complexity index is 138. The smallest absolute Gasteiger partial charge is 0.286 e. The van der Waals surface area contributed by atoms with Crippen molar-refractivity contribution in [3.63, 3.8) is 0 Å². The van der Waals surface area contributed by atoms with E-state index in [1.807, 2.05) is 16.7 Å². The van der Waals surface area contributed by atoms with Crippen LogP contribution in [0.2, 0.25) is 0 Å². The molecule has 2 aliphatic heterocycles. The molecule has 44 valence electrons. The third-order valence-electron chi connectivity index (χ3n) is 1.28. The van der Waals surface area contributed by atoms with E-state index in [4.69, 9.17) is 0 Å². The van der Waals surface area contributed by atoms with E-state index in [0.29, 0.717) is 4.71 Å². The highest BCUT2D eigenvalue weighted by Gasteiger charge is 2.41. The minimum Gasteiger partial charge on any atom is -0.311 e. The van der Waals surface area contributed by atoms with Gasteiger partial charge in [0.25, 0.3) is 5.24 Å². The van der Waals surface area contributed by atoms with Gasteiger partial charge in [-0.05, 0) is 11.8 Å². The Morgan fingerprint density at radius 2 is 2.62 bits per heavy atom. The van der Waals surface area contributed by atoms with E-state index in [0.717, 1.165) is 12.3 Å². The van der Waals surface area contributed by atoms with Crippen LogP contribution in [0.5, 0.6) is 0 Å². The zero-order valence-electron chi connectivity index (χ0n) is 4.16. The molecular weight excluding hydrogens is 142 g/mol. The maximum Gasteiger partial charge on any atom is 0.286 e. The van der Waals surface area contributed by atoms with Crippen LogP contribution >= 0.6 is 23.5 Å². The molecule has 2 rings (SSSR count).